The number of nitrogens with one attached hydrogen (secondary N) is 1. The summed E-state index contributed by atoms with van der Waals surface area (Å²) in [6.45, 7) is 4.00. The third-order valence-corrected chi connectivity index (χ3v) is 2.42. The summed E-state index contributed by atoms with van der Waals surface area (Å²) in [7, 11) is 1.79. The van der Waals surface area contributed by atoms with Crippen molar-refractivity contribution in [1.82, 2.24) is 9.78 Å². The number of rotatable bonds is 3. The van der Waals surface area contributed by atoms with E-state index in [0.717, 1.165) is 11.6 Å². The molecule has 6 heteroatoms. The number of nitrogen functional groups attached to an aromatic ring is 1. The van der Waals surface area contributed by atoms with Crippen LogP contribution in [-0.4, -0.2) is 15.7 Å². The van der Waals surface area contributed by atoms with Crippen molar-refractivity contribution >= 4 is 23.4 Å². The molecule has 0 bridgehead atoms. The number of carbonyl (C=O) groups excluding carboxylic acids is 1. The molecule has 0 atom stereocenters. The number of anilines is 2. The largest absolute Gasteiger partial charge is 0.397 e. The van der Waals surface area contributed by atoms with Crippen LogP contribution in [0.15, 0.2) is 36.7 Å². The Morgan fingerprint density at radius 2 is 2.14 bits per heavy atom. The second kappa shape index (κ2) is 7.84. The molecule has 3 N–H and O–H groups in total. The van der Waals surface area contributed by atoms with Crippen LogP contribution in [0.4, 0.5) is 15.8 Å². The number of hydrogen-bond donors (Lipinski definition) is 2. The summed E-state index contributed by atoms with van der Waals surface area (Å²) in [5.41, 5.74) is 6.96. The zero-order valence-corrected chi connectivity index (χ0v) is 12.3. The molecule has 1 aromatic heterocycles. The molecular formula is C15H19FN4O. The Kier molecular flexibility index (Phi) is 6.13. The highest BCUT2D eigenvalue weighted by Crippen LogP contribution is 2.18. The maximum Gasteiger partial charge on any atom is 0.248 e. The summed E-state index contributed by atoms with van der Waals surface area (Å²) in [4.78, 5) is 11.7. The van der Waals surface area contributed by atoms with E-state index in [1.807, 2.05) is 13.8 Å². The summed E-state index contributed by atoms with van der Waals surface area (Å²) in [6, 6.07) is 3.80. The molecule has 1 amide bonds. The molecule has 2 rings (SSSR count). The van der Waals surface area contributed by atoms with Crippen LogP contribution in [0.1, 0.15) is 19.4 Å². The molecule has 2 aromatic rings. The molecule has 0 fully saturated rings. The first-order chi connectivity index (χ1) is 10.0. The van der Waals surface area contributed by atoms with Gasteiger partial charge in [0.25, 0.3) is 0 Å². The molecule has 0 saturated heterocycles. The van der Waals surface area contributed by atoms with Crippen molar-refractivity contribution in [2.24, 2.45) is 7.05 Å². The van der Waals surface area contributed by atoms with Gasteiger partial charge in [0.05, 0.1) is 17.6 Å². The molecule has 0 unspecified atom stereocenters. The van der Waals surface area contributed by atoms with E-state index in [-0.39, 0.29) is 11.6 Å². The van der Waals surface area contributed by atoms with Gasteiger partial charge in [-0.25, -0.2) is 4.39 Å². The topological polar surface area (TPSA) is 72.9 Å². The number of amides is 1. The van der Waals surface area contributed by atoms with Gasteiger partial charge >= 0.3 is 0 Å². The van der Waals surface area contributed by atoms with Gasteiger partial charge in [-0.15, -0.1) is 0 Å². The summed E-state index contributed by atoms with van der Waals surface area (Å²) < 4.78 is 14.5. The van der Waals surface area contributed by atoms with Crippen molar-refractivity contribution in [3.05, 3.63) is 48.0 Å². The molecule has 0 saturated carbocycles. The van der Waals surface area contributed by atoms with Gasteiger partial charge in [-0.2, -0.15) is 5.10 Å². The Morgan fingerprint density at radius 1 is 1.43 bits per heavy atom. The number of halogens is 1. The van der Waals surface area contributed by atoms with Gasteiger partial charge in [-0.05, 0) is 24.3 Å². The second-order valence-corrected chi connectivity index (χ2v) is 4.00. The van der Waals surface area contributed by atoms with Crippen molar-refractivity contribution < 1.29 is 9.18 Å². The lowest BCUT2D eigenvalue weighted by Crippen LogP contribution is -2.09. The van der Waals surface area contributed by atoms with E-state index in [0.29, 0.717) is 5.69 Å². The van der Waals surface area contributed by atoms with Crippen molar-refractivity contribution in [1.29, 1.82) is 0 Å². The number of hydrogen-bond acceptors (Lipinski definition) is 3. The van der Waals surface area contributed by atoms with E-state index in [1.54, 1.807) is 30.2 Å². The Morgan fingerprint density at radius 3 is 2.71 bits per heavy atom. The maximum atomic E-state index is 12.8. The van der Waals surface area contributed by atoms with Gasteiger partial charge in [0.15, 0.2) is 0 Å². The van der Waals surface area contributed by atoms with Crippen LogP contribution in [-0.2, 0) is 11.8 Å². The van der Waals surface area contributed by atoms with Gasteiger partial charge in [0.1, 0.15) is 5.82 Å². The Bertz CT molecular complexity index is 634. The molecule has 21 heavy (non-hydrogen) atoms. The van der Waals surface area contributed by atoms with Gasteiger partial charge in [0, 0.05) is 24.9 Å². The zero-order valence-electron chi connectivity index (χ0n) is 12.3. The predicted molar refractivity (Wildman–Crippen MR) is 83.0 cm³/mol. The number of aromatic nitrogens is 2. The van der Waals surface area contributed by atoms with Gasteiger partial charge < -0.3 is 11.1 Å². The van der Waals surface area contributed by atoms with Gasteiger partial charge in [0.2, 0.25) is 5.91 Å². The van der Waals surface area contributed by atoms with Crippen LogP contribution in [0.3, 0.4) is 0 Å². The van der Waals surface area contributed by atoms with E-state index < -0.39 is 5.82 Å². The minimum atomic E-state index is -0.443. The molecule has 0 aliphatic rings. The summed E-state index contributed by atoms with van der Waals surface area (Å²) in [5, 5.41) is 6.54. The quantitative estimate of drug-likeness (QED) is 0.674. The van der Waals surface area contributed by atoms with E-state index >= 15 is 0 Å². The summed E-state index contributed by atoms with van der Waals surface area (Å²) in [5.74, 6) is -0.788. The summed E-state index contributed by atoms with van der Waals surface area (Å²) in [6.07, 6.45) is 6.40. The standard InChI is InChI=1S/C13H13FN4O.C2H6/c1-18-8-9(7-16-18)2-5-13(19)17-12-4-3-10(14)6-11(12)15;1-2/h2-8H,15H2,1H3,(H,17,19);1-2H3/b5-2+;. The van der Waals surface area contributed by atoms with Gasteiger partial charge in [-0.1, -0.05) is 13.8 Å². The smallest absolute Gasteiger partial charge is 0.248 e. The zero-order chi connectivity index (χ0) is 15.8. The fourth-order valence-corrected chi connectivity index (χ4v) is 1.52. The van der Waals surface area contributed by atoms with Crippen LogP contribution < -0.4 is 11.1 Å². The van der Waals surface area contributed by atoms with E-state index in [1.165, 1.54) is 18.2 Å². The molecule has 5 nitrogen and oxygen atoms in total. The SMILES string of the molecule is CC.Cn1cc(/C=C/C(=O)Nc2ccc(F)cc2N)cn1. The molecule has 112 valence electrons. The Balaban J connectivity index is 0.00000106. The van der Waals surface area contributed by atoms with Crippen LogP contribution in [0.25, 0.3) is 6.08 Å². The van der Waals surface area contributed by atoms with Crippen molar-refractivity contribution in [3.8, 4) is 0 Å². The van der Waals surface area contributed by atoms with Crippen LogP contribution in [0.2, 0.25) is 0 Å². The van der Waals surface area contributed by atoms with E-state index in [9.17, 15) is 9.18 Å². The number of aryl methyl sites for hydroxylation is 1. The Hall–Kier alpha value is -2.63. The average Bonchev–Trinajstić information content (AvgIpc) is 2.88. The molecule has 0 radical (unpaired) electrons. The highest BCUT2D eigenvalue weighted by molar-refractivity contribution is 6.03. The van der Waals surface area contributed by atoms with Crippen molar-refractivity contribution in [2.75, 3.05) is 11.1 Å². The number of benzene rings is 1. The normalized spacial score (nSPS) is 10.1. The first kappa shape index (κ1) is 16.4. The fraction of sp³-hybridized carbons (Fsp3) is 0.200. The lowest BCUT2D eigenvalue weighted by atomic mass is 10.2. The van der Waals surface area contributed by atoms with Crippen molar-refractivity contribution in [2.45, 2.75) is 13.8 Å². The summed E-state index contributed by atoms with van der Waals surface area (Å²) >= 11 is 0. The highest BCUT2D eigenvalue weighted by atomic mass is 19.1. The van der Waals surface area contributed by atoms with E-state index in [2.05, 4.69) is 10.4 Å². The molecule has 0 aliphatic carbocycles. The monoisotopic (exact) mass is 290 g/mol. The minimum Gasteiger partial charge on any atom is -0.397 e. The molecular weight excluding hydrogens is 271 g/mol. The van der Waals surface area contributed by atoms with Crippen LogP contribution in [0.5, 0.6) is 0 Å². The number of nitrogens with zero attached hydrogens (tertiary/aromatic N) is 2. The first-order valence-electron chi connectivity index (χ1n) is 6.57. The minimum absolute atomic E-state index is 0.183. The number of carbonyl (C=O) groups is 1. The third kappa shape index (κ3) is 5.10. The average molecular weight is 290 g/mol. The second-order valence-electron chi connectivity index (χ2n) is 4.00. The third-order valence-electron chi connectivity index (χ3n) is 2.42. The predicted octanol–water partition coefficient (Wildman–Crippen LogP) is 2.82. The fourth-order valence-electron chi connectivity index (χ4n) is 1.52. The van der Waals surface area contributed by atoms with Crippen LogP contribution in [0, 0.1) is 5.82 Å². The molecule has 1 aromatic carbocycles. The number of nitrogens with two attached hydrogens (primary N) is 1. The Labute approximate surface area is 123 Å². The molecule has 1 heterocycles. The highest BCUT2D eigenvalue weighted by Gasteiger charge is 2.03. The van der Waals surface area contributed by atoms with Crippen molar-refractivity contribution in [3.63, 3.8) is 0 Å². The maximum absolute atomic E-state index is 12.8. The lowest BCUT2D eigenvalue weighted by molar-refractivity contribution is -0.111. The lowest BCUT2D eigenvalue weighted by Gasteiger charge is -2.05. The van der Waals surface area contributed by atoms with E-state index in [4.69, 9.17) is 5.73 Å². The molecule has 0 spiro atoms. The molecule has 0 aliphatic heterocycles. The first-order valence-corrected chi connectivity index (χ1v) is 6.57. The van der Waals surface area contributed by atoms with Crippen LogP contribution >= 0.6 is 0 Å². The van der Waals surface area contributed by atoms with Gasteiger partial charge in [-0.3, -0.25) is 9.48 Å².